The zero-order valence-electron chi connectivity index (χ0n) is 10.1. The van der Waals surface area contributed by atoms with Gasteiger partial charge in [-0.3, -0.25) is 0 Å². The third-order valence-electron chi connectivity index (χ3n) is 2.51. The number of urea groups is 1. The minimum Gasteiger partial charge on any atom is -0.508 e. The number of benzene rings is 2. The summed E-state index contributed by atoms with van der Waals surface area (Å²) < 4.78 is 12.9. The Morgan fingerprint density at radius 3 is 2.68 bits per heavy atom. The first kappa shape index (κ1) is 12.9. The van der Waals surface area contributed by atoms with E-state index in [1.54, 1.807) is 30.3 Å². The molecule has 4 nitrogen and oxygen atoms in total. The molecule has 0 aliphatic rings. The van der Waals surface area contributed by atoms with Crippen molar-refractivity contribution in [3.05, 3.63) is 59.9 Å². The fourth-order valence-electron chi connectivity index (χ4n) is 1.58. The molecule has 0 saturated carbocycles. The average Bonchev–Trinajstić information content (AvgIpc) is 2.38. The zero-order valence-corrected chi connectivity index (χ0v) is 10.1. The van der Waals surface area contributed by atoms with Crippen molar-refractivity contribution in [1.82, 2.24) is 5.32 Å². The van der Waals surface area contributed by atoms with Gasteiger partial charge in [0.15, 0.2) is 0 Å². The first-order chi connectivity index (χ1) is 9.15. The third-order valence-corrected chi connectivity index (χ3v) is 2.51. The van der Waals surface area contributed by atoms with E-state index < -0.39 is 11.8 Å². The second-order valence-corrected chi connectivity index (χ2v) is 3.95. The number of amides is 2. The van der Waals surface area contributed by atoms with Gasteiger partial charge in [-0.05, 0) is 24.3 Å². The van der Waals surface area contributed by atoms with Gasteiger partial charge >= 0.3 is 6.03 Å². The van der Waals surface area contributed by atoms with Crippen LogP contribution in [0, 0.1) is 5.82 Å². The number of phenols is 1. The molecule has 0 spiro atoms. The number of para-hydroxylation sites is 1. The summed E-state index contributed by atoms with van der Waals surface area (Å²) >= 11 is 0. The summed E-state index contributed by atoms with van der Waals surface area (Å²) in [5, 5.41) is 14.6. The highest BCUT2D eigenvalue weighted by Gasteiger charge is 2.04. The summed E-state index contributed by atoms with van der Waals surface area (Å²) in [4.78, 5) is 11.6. The van der Waals surface area contributed by atoms with Crippen molar-refractivity contribution < 1.29 is 14.3 Å². The molecule has 0 saturated heterocycles. The molecule has 2 aromatic rings. The number of phenolic OH excluding ortho intramolecular Hbond substituents is 1. The normalized spacial score (nSPS) is 9.95. The first-order valence-corrected chi connectivity index (χ1v) is 5.72. The molecule has 2 amide bonds. The predicted molar refractivity (Wildman–Crippen MR) is 70.4 cm³/mol. The lowest BCUT2D eigenvalue weighted by Gasteiger charge is -2.08. The van der Waals surface area contributed by atoms with Crippen molar-refractivity contribution in [3.63, 3.8) is 0 Å². The van der Waals surface area contributed by atoms with E-state index in [1.807, 2.05) is 0 Å². The Kier molecular flexibility index (Phi) is 3.97. The maximum absolute atomic E-state index is 12.9. The predicted octanol–water partition coefficient (Wildman–Crippen LogP) is 2.85. The van der Waals surface area contributed by atoms with Crippen LogP contribution in [0.3, 0.4) is 0 Å². The number of carbonyl (C=O) groups excluding carboxylic acids is 1. The van der Waals surface area contributed by atoms with Gasteiger partial charge in [0.2, 0.25) is 0 Å². The van der Waals surface area contributed by atoms with Gasteiger partial charge in [0, 0.05) is 17.8 Å². The van der Waals surface area contributed by atoms with Crippen LogP contribution >= 0.6 is 0 Å². The lowest BCUT2D eigenvalue weighted by molar-refractivity contribution is 0.251. The number of halogens is 1. The second kappa shape index (κ2) is 5.86. The Labute approximate surface area is 109 Å². The molecule has 0 atom stereocenters. The molecule has 5 heteroatoms. The van der Waals surface area contributed by atoms with Crippen molar-refractivity contribution in [1.29, 1.82) is 0 Å². The number of carbonyl (C=O) groups is 1. The highest BCUT2D eigenvalue weighted by molar-refractivity contribution is 5.89. The largest absolute Gasteiger partial charge is 0.508 e. The van der Waals surface area contributed by atoms with Crippen molar-refractivity contribution in [2.75, 3.05) is 5.32 Å². The van der Waals surface area contributed by atoms with Crippen LogP contribution in [0.4, 0.5) is 14.9 Å². The fraction of sp³-hybridized carbons (Fsp3) is 0.0714. The van der Waals surface area contributed by atoms with Gasteiger partial charge in [0.1, 0.15) is 11.6 Å². The summed E-state index contributed by atoms with van der Waals surface area (Å²) in [7, 11) is 0. The Hall–Kier alpha value is -2.56. The summed E-state index contributed by atoms with van der Waals surface area (Å²) in [6, 6.07) is 11.9. The van der Waals surface area contributed by atoms with E-state index in [4.69, 9.17) is 0 Å². The molecule has 0 fully saturated rings. The average molecular weight is 260 g/mol. The van der Waals surface area contributed by atoms with E-state index in [0.717, 1.165) is 0 Å². The van der Waals surface area contributed by atoms with Crippen LogP contribution in [-0.2, 0) is 6.54 Å². The van der Waals surface area contributed by atoms with E-state index >= 15 is 0 Å². The lowest BCUT2D eigenvalue weighted by Crippen LogP contribution is -2.28. The van der Waals surface area contributed by atoms with Crippen LogP contribution in [0.2, 0.25) is 0 Å². The Morgan fingerprint density at radius 2 is 1.95 bits per heavy atom. The lowest BCUT2D eigenvalue weighted by atomic mass is 10.2. The summed E-state index contributed by atoms with van der Waals surface area (Å²) in [5.74, 6) is -0.299. The van der Waals surface area contributed by atoms with Crippen LogP contribution in [0.15, 0.2) is 48.5 Å². The fourth-order valence-corrected chi connectivity index (χ4v) is 1.58. The minimum atomic E-state index is -0.464. The van der Waals surface area contributed by atoms with Crippen molar-refractivity contribution >= 4 is 11.7 Å². The molecule has 0 aliphatic heterocycles. The monoisotopic (exact) mass is 260 g/mol. The number of hydrogen-bond donors (Lipinski definition) is 3. The van der Waals surface area contributed by atoms with Crippen LogP contribution in [-0.4, -0.2) is 11.1 Å². The first-order valence-electron chi connectivity index (χ1n) is 5.72. The Balaban J connectivity index is 1.90. The Morgan fingerprint density at radius 1 is 1.16 bits per heavy atom. The molecule has 3 N–H and O–H groups in total. The summed E-state index contributed by atoms with van der Waals surface area (Å²) in [6.45, 7) is 0.188. The molecular weight excluding hydrogens is 247 g/mol. The van der Waals surface area contributed by atoms with Gasteiger partial charge in [0.25, 0.3) is 0 Å². The number of anilines is 1. The molecule has 2 rings (SSSR count). The highest BCUT2D eigenvalue weighted by atomic mass is 19.1. The van der Waals surface area contributed by atoms with E-state index in [2.05, 4.69) is 10.6 Å². The molecule has 0 heterocycles. The van der Waals surface area contributed by atoms with Gasteiger partial charge in [-0.15, -0.1) is 0 Å². The number of nitrogens with one attached hydrogen (secondary N) is 2. The molecule has 0 bridgehead atoms. The molecule has 19 heavy (non-hydrogen) atoms. The molecule has 0 unspecified atom stereocenters. The number of hydrogen-bond acceptors (Lipinski definition) is 2. The van der Waals surface area contributed by atoms with Crippen molar-refractivity contribution in [2.24, 2.45) is 0 Å². The molecule has 0 aliphatic carbocycles. The zero-order chi connectivity index (χ0) is 13.7. The van der Waals surface area contributed by atoms with E-state index in [0.29, 0.717) is 11.3 Å². The molecule has 2 aromatic carbocycles. The molecular formula is C14H13FN2O2. The topological polar surface area (TPSA) is 61.4 Å². The molecule has 0 aromatic heterocycles. The van der Waals surface area contributed by atoms with Crippen LogP contribution < -0.4 is 10.6 Å². The van der Waals surface area contributed by atoms with Crippen LogP contribution in [0.1, 0.15) is 5.56 Å². The minimum absolute atomic E-state index is 0.119. The van der Waals surface area contributed by atoms with E-state index in [1.165, 1.54) is 18.2 Å². The number of aromatic hydroxyl groups is 1. The van der Waals surface area contributed by atoms with Crippen LogP contribution in [0.5, 0.6) is 5.75 Å². The standard InChI is InChI=1S/C14H13FN2O2/c15-11-5-3-6-12(8-11)17-14(19)16-9-10-4-1-2-7-13(10)18/h1-8,18H,9H2,(H2,16,17,19). The van der Waals surface area contributed by atoms with E-state index in [9.17, 15) is 14.3 Å². The second-order valence-electron chi connectivity index (χ2n) is 3.95. The summed E-state index contributed by atoms with van der Waals surface area (Å²) in [5.41, 5.74) is 0.978. The van der Waals surface area contributed by atoms with Crippen molar-refractivity contribution in [3.8, 4) is 5.75 Å². The molecule has 98 valence electrons. The van der Waals surface area contributed by atoms with Gasteiger partial charge in [-0.1, -0.05) is 24.3 Å². The Bertz CT molecular complexity index is 587. The van der Waals surface area contributed by atoms with Gasteiger partial charge in [0.05, 0.1) is 0 Å². The van der Waals surface area contributed by atoms with Gasteiger partial charge < -0.3 is 15.7 Å². The van der Waals surface area contributed by atoms with Gasteiger partial charge in [-0.25, -0.2) is 9.18 Å². The SMILES string of the molecule is O=C(NCc1ccccc1O)Nc1cccc(F)c1. The van der Waals surface area contributed by atoms with Gasteiger partial charge in [-0.2, -0.15) is 0 Å². The van der Waals surface area contributed by atoms with E-state index in [-0.39, 0.29) is 12.3 Å². The van der Waals surface area contributed by atoms with Crippen molar-refractivity contribution in [2.45, 2.75) is 6.54 Å². The number of rotatable bonds is 3. The van der Waals surface area contributed by atoms with Crippen LogP contribution in [0.25, 0.3) is 0 Å². The third kappa shape index (κ3) is 3.70. The summed E-state index contributed by atoms with van der Waals surface area (Å²) in [6.07, 6.45) is 0. The maximum Gasteiger partial charge on any atom is 0.319 e. The quantitative estimate of drug-likeness (QED) is 0.794. The molecule has 0 radical (unpaired) electrons. The maximum atomic E-state index is 12.9. The smallest absolute Gasteiger partial charge is 0.319 e. The highest BCUT2D eigenvalue weighted by Crippen LogP contribution is 2.15.